The average molecular weight is 231 g/mol. The van der Waals surface area contributed by atoms with Gasteiger partial charge in [0.05, 0.1) is 11.1 Å². The molecule has 0 saturated heterocycles. The molecule has 0 spiro atoms. The van der Waals surface area contributed by atoms with Gasteiger partial charge < -0.3 is 4.57 Å². The molecule has 0 fully saturated rings. The van der Waals surface area contributed by atoms with Gasteiger partial charge in [0, 0.05) is 24.2 Å². The third kappa shape index (κ3) is 1.84. The van der Waals surface area contributed by atoms with Crippen LogP contribution >= 0.6 is 0 Å². The molecule has 0 saturated carbocycles. The second-order valence-electron chi connectivity index (χ2n) is 4.48. The molecule has 2 aromatic heterocycles. The number of hydrogen-bond acceptors (Lipinski definition) is 3. The summed E-state index contributed by atoms with van der Waals surface area (Å²) in [5.74, 6) is 0.826. The fraction of sp³-hybridized carbons (Fsp3) is 0.462. The monoisotopic (exact) mass is 231 g/mol. The zero-order chi connectivity index (χ0) is 12.6. The van der Waals surface area contributed by atoms with E-state index in [1.165, 1.54) is 0 Å². The lowest BCUT2D eigenvalue weighted by atomic mass is 10.2. The van der Waals surface area contributed by atoms with Gasteiger partial charge in [-0.1, -0.05) is 6.92 Å². The van der Waals surface area contributed by atoms with Gasteiger partial charge in [0.15, 0.2) is 6.29 Å². The summed E-state index contributed by atoms with van der Waals surface area (Å²) in [7, 11) is 0. The Balaban J connectivity index is 2.85. The van der Waals surface area contributed by atoms with Crippen LogP contribution in [-0.2, 0) is 6.42 Å². The minimum absolute atomic E-state index is 0.283. The van der Waals surface area contributed by atoms with Crippen molar-refractivity contribution in [1.29, 1.82) is 0 Å². The normalized spacial score (nSPS) is 11.4. The Morgan fingerprint density at radius 2 is 2.12 bits per heavy atom. The molecule has 2 aromatic rings. The number of rotatable bonds is 3. The first-order valence-electron chi connectivity index (χ1n) is 5.91. The number of nitrogens with zero attached hydrogens (tertiary/aromatic N) is 3. The largest absolute Gasteiger partial charge is 0.329 e. The van der Waals surface area contributed by atoms with Crippen molar-refractivity contribution in [3.63, 3.8) is 0 Å². The lowest BCUT2D eigenvalue weighted by Crippen LogP contribution is -2.03. The van der Waals surface area contributed by atoms with Crippen LogP contribution in [-0.4, -0.2) is 20.8 Å². The van der Waals surface area contributed by atoms with Gasteiger partial charge in [0.25, 0.3) is 0 Å². The second-order valence-corrected chi connectivity index (χ2v) is 4.48. The molecule has 0 amide bonds. The maximum Gasteiger partial charge on any atom is 0.152 e. The molecule has 0 atom stereocenters. The molecule has 0 bridgehead atoms. The predicted molar refractivity (Wildman–Crippen MR) is 67.4 cm³/mol. The van der Waals surface area contributed by atoms with Gasteiger partial charge in [-0.25, -0.2) is 9.97 Å². The highest BCUT2D eigenvalue weighted by Gasteiger charge is 2.15. The Morgan fingerprint density at radius 1 is 1.41 bits per heavy atom. The van der Waals surface area contributed by atoms with Crippen LogP contribution in [0.3, 0.4) is 0 Å². The molecule has 4 heteroatoms. The van der Waals surface area contributed by atoms with Crippen molar-refractivity contribution in [3.05, 3.63) is 23.3 Å². The maximum absolute atomic E-state index is 11.1. The molecule has 4 nitrogen and oxygen atoms in total. The number of hydrogen-bond donors (Lipinski definition) is 0. The molecule has 0 aliphatic heterocycles. The molecular weight excluding hydrogens is 214 g/mol. The van der Waals surface area contributed by atoms with Gasteiger partial charge >= 0.3 is 0 Å². The molecular formula is C13H17N3O. The van der Waals surface area contributed by atoms with Crippen LogP contribution in [0.2, 0.25) is 0 Å². The fourth-order valence-electron chi connectivity index (χ4n) is 2.06. The molecule has 2 rings (SSSR count). The summed E-state index contributed by atoms with van der Waals surface area (Å²) in [5, 5.41) is 0.880. The van der Waals surface area contributed by atoms with Crippen LogP contribution < -0.4 is 0 Å². The summed E-state index contributed by atoms with van der Waals surface area (Å²) >= 11 is 0. The van der Waals surface area contributed by atoms with Crippen LogP contribution in [0.5, 0.6) is 0 Å². The van der Waals surface area contributed by atoms with E-state index >= 15 is 0 Å². The zero-order valence-corrected chi connectivity index (χ0v) is 10.7. The SMILES string of the molecule is CCc1nc(C)c2c(C=O)cn(C(C)C)c2n1. The van der Waals surface area contributed by atoms with Crippen molar-refractivity contribution in [3.8, 4) is 0 Å². The van der Waals surface area contributed by atoms with Gasteiger partial charge in [0.1, 0.15) is 11.5 Å². The highest BCUT2D eigenvalue weighted by atomic mass is 16.1. The van der Waals surface area contributed by atoms with Crippen molar-refractivity contribution in [2.75, 3.05) is 0 Å². The van der Waals surface area contributed by atoms with Gasteiger partial charge in [-0.05, 0) is 20.8 Å². The summed E-state index contributed by atoms with van der Waals surface area (Å²) in [6, 6.07) is 0.283. The van der Waals surface area contributed by atoms with Crippen LogP contribution in [0.15, 0.2) is 6.20 Å². The quantitative estimate of drug-likeness (QED) is 0.763. The highest BCUT2D eigenvalue weighted by Crippen LogP contribution is 2.24. The molecule has 0 N–H and O–H groups in total. The van der Waals surface area contributed by atoms with Gasteiger partial charge in [-0.2, -0.15) is 0 Å². The first-order chi connectivity index (χ1) is 8.08. The number of fused-ring (bicyclic) bond motifs is 1. The molecule has 0 aliphatic carbocycles. The third-order valence-electron chi connectivity index (χ3n) is 2.93. The van der Waals surface area contributed by atoms with Gasteiger partial charge in [-0.15, -0.1) is 0 Å². The van der Waals surface area contributed by atoms with E-state index in [9.17, 15) is 4.79 Å². The molecule has 0 aromatic carbocycles. The lowest BCUT2D eigenvalue weighted by molar-refractivity contribution is 0.112. The summed E-state index contributed by atoms with van der Waals surface area (Å²) in [5.41, 5.74) is 2.42. The summed E-state index contributed by atoms with van der Waals surface area (Å²) in [6.45, 7) is 8.12. The first-order valence-corrected chi connectivity index (χ1v) is 5.91. The lowest BCUT2D eigenvalue weighted by Gasteiger charge is -2.09. The Bertz CT molecular complexity index is 570. The molecule has 17 heavy (non-hydrogen) atoms. The maximum atomic E-state index is 11.1. The Kier molecular flexibility index (Phi) is 2.96. The van der Waals surface area contributed by atoms with E-state index in [1.807, 2.05) is 24.6 Å². The summed E-state index contributed by atoms with van der Waals surface area (Å²) in [6.07, 6.45) is 3.54. The molecule has 0 unspecified atom stereocenters. The number of aryl methyl sites for hydroxylation is 2. The standard InChI is InChI=1S/C13H17N3O/c1-5-11-14-9(4)12-10(7-17)6-16(8(2)3)13(12)15-11/h6-8H,5H2,1-4H3. The van der Waals surface area contributed by atoms with E-state index in [1.54, 1.807) is 0 Å². The summed E-state index contributed by atoms with van der Waals surface area (Å²) in [4.78, 5) is 20.0. The van der Waals surface area contributed by atoms with Crippen molar-refractivity contribution in [2.24, 2.45) is 0 Å². The number of carbonyl (C=O) groups excluding carboxylic acids is 1. The summed E-state index contributed by atoms with van der Waals surface area (Å²) < 4.78 is 2.03. The topological polar surface area (TPSA) is 47.8 Å². The first kappa shape index (κ1) is 11.8. The molecule has 0 radical (unpaired) electrons. The molecule has 0 aliphatic rings. The minimum Gasteiger partial charge on any atom is -0.329 e. The van der Waals surface area contributed by atoms with Crippen LogP contribution in [0.25, 0.3) is 11.0 Å². The number of aldehydes is 1. The van der Waals surface area contributed by atoms with Crippen molar-refractivity contribution in [1.82, 2.24) is 14.5 Å². The van der Waals surface area contributed by atoms with E-state index in [2.05, 4.69) is 23.8 Å². The zero-order valence-electron chi connectivity index (χ0n) is 10.7. The molecule has 90 valence electrons. The average Bonchev–Trinajstić information content (AvgIpc) is 2.68. The van der Waals surface area contributed by atoms with E-state index in [0.29, 0.717) is 5.56 Å². The van der Waals surface area contributed by atoms with Crippen LogP contribution in [0.4, 0.5) is 0 Å². The van der Waals surface area contributed by atoms with Crippen LogP contribution in [0.1, 0.15) is 48.7 Å². The van der Waals surface area contributed by atoms with E-state index < -0.39 is 0 Å². The van der Waals surface area contributed by atoms with Crippen molar-refractivity contribution in [2.45, 2.75) is 40.2 Å². The predicted octanol–water partition coefficient (Wildman–Crippen LogP) is 2.70. The second kappa shape index (κ2) is 4.28. The minimum atomic E-state index is 0.283. The Labute approximate surface area is 101 Å². The van der Waals surface area contributed by atoms with E-state index in [4.69, 9.17) is 0 Å². The third-order valence-corrected chi connectivity index (χ3v) is 2.93. The Hall–Kier alpha value is -1.71. The molecule has 2 heterocycles. The van der Waals surface area contributed by atoms with Gasteiger partial charge in [0.2, 0.25) is 0 Å². The Morgan fingerprint density at radius 3 is 2.65 bits per heavy atom. The van der Waals surface area contributed by atoms with Gasteiger partial charge in [-0.3, -0.25) is 4.79 Å². The highest BCUT2D eigenvalue weighted by molar-refractivity contribution is 5.97. The van der Waals surface area contributed by atoms with Crippen LogP contribution in [0, 0.1) is 6.92 Å². The number of carbonyl (C=O) groups is 1. The number of aromatic nitrogens is 3. The fourth-order valence-corrected chi connectivity index (χ4v) is 2.06. The van der Waals surface area contributed by atoms with E-state index in [-0.39, 0.29) is 6.04 Å². The van der Waals surface area contributed by atoms with Crippen molar-refractivity contribution < 1.29 is 4.79 Å². The smallest absolute Gasteiger partial charge is 0.152 e. The van der Waals surface area contributed by atoms with Crippen molar-refractivity contribution >= 4 is 17.3 Å². The van der Waals surface area contributed by atoms with E-state index in [0.717, 1.165) is 35.3 Å².